The third-order valence-electron chi connectivity index (χ3n) is 8.65. The van der Waals surface area contributed by atoms with Crippen molar-refractivity contribution >= 4 is 34.4 Å². The highest BCUT2D eigenvalue weighted by molar-refractivity contribution is 6.22. The van der Waals surface area contributed by atoms with Gasteiger partial charge in [0.15, 0.2) is 0 Å². The van der Waals surface area contributed by atoms with Gasteiger partial charge in [0.25, 0.3) is 11.8 Å². The van der Waals surface area contributed by atoms with Crippen molar-refractivity contribution in [3.8, 4) is 0 Å². The molecule has 3 aromatic carbocycles. The fourth-order valence-corrected chi connectivity index (χ4v) is 6.42. The van der Waals surface area contributed by atoms with E-state index >= 15 is 0 Å². The Hall–Kier alpha value is -4.47. The molecule has 0 saturated carbocycles. The van der Waals surface area contributed by atoms with Crippen molar-refractivity contribution in [1.82, 2.24) is 20.1 Å². The van der Waals surface area contributed by atoms with Gasteiger partial charge in [-0.3, -0.25) is 19.4 Å². The van der Waals surface area contributed by atoms with Crippen LogP contribution in [0.4, 0.5) is 10.5 Å². The first-order valence-corrected chi connectivity index (χ1v) is 14.5. The molecule has 7 rings (SSSR count). The molecule has 9 heteroatoms. The zero-order valence-corrected chi connectivity index (χ0v) is 23.5. The largest absolute Gasteiger partial charge is 0.379 e. The number of ether oxygens (including phenoxy) is 1. The number of carbonyl (C=O) groups is 3. The molecule has 0 bridgehead atoms. The zero-order valence-electron chi connectivity index (χ0n) is 23.5. The number of aromatic amines is 1. The van der Waals surface area contributed by atoms with Gasteiger partial charge < -0.3 is 15.0 Å². The van der Waals surface area contributed by atoms with Crippen LogP contribution in [0.5, 0.6) is 0 Å². The molecule has 2 N–H and O–H groups in total. The number of para-hydroxylation sites is 1. The fourth-order valence-electron chi connectivity index (χ4n) is 6.42. The predicted octanol–water partition coefficient (Wildman–Crippen LogP) is 4.02. The zero-order chi connectivity index (χ0) is 28.8. The summed E-state index contributed by atoms with van der Waals surface area (Å²) in [6, 6.07) is 21.5. The Labute approximate surface area is 244 Å². The highest BCUT2D eigenvalue weighted by atomic mass is 16.5. The molecule has 2 fully saturated rings. The number of anilines is 1. The van der Waals surface area contributed by atoms with E-state index < -0.39 is 12.1 Å². The van der Waals surface area contributed by atoms with Gasteiger partial charge in [-0.05, 0) is 48.4 Å². The Morgan fingerprint density at radius 3 is 2.48 bits per heavy atom. The number of imide groups is 1. The molecule has 1 aromatic heterocycles. The molecular weight excluding hydrogens is 530 g/mol. The molecular formula is C33H33N5O4. The molecule has 4 amide bonds. The maximum absolute atomic E-state index is 14.1. The molecule has 2 atom stereocenters. The first kappa shape index (κ1) is 26.4. The Balaban J connectivity index is 1.15. The Morgan fingerprint density at radius 2 is 1.71 bits per heavy atom. The molecule has 42 heavy (non-hydrogen) atoms. The molecule has 9 nitrogen and oxygen atoms in total. The van der Waals surface area contributed by atoms with Crippen molar-refractivity contribution in [2.24, 2.45) is 0 Å². The van der Waals surface area contributed by atoms with Crippen molar-refractivity contribution < 1.29 is 19.1 Å². The van der Waals surface area contributed by atoms with Crippen LogP contribution in [-0.2, 0) is 16.0 Å². The number of nitrogens with one attached hydrogen (secondary N) is 2. The van der Waals surface area contributed by atoms with Crippen LogP contribution in [0.25, 0.3) is 10.9 Å². The molecule has 0 radical (unpaired) electrons. The SMILES string of the molecule is Cc1ccc(C2c3[nH]c4ccccc4c3CC3C(=O)N(c4ccc(C(=O)NCCN5CCOCC5)cc4)C(=O)N32)cc1. The van der Waals surface area contributed by atoms with Gasteiger partial charge in [0.05, 0.1) is 18.9 Å². The van der Waals surface area contributed by atoms with Gasteiger partial charge in [-0.25, -0.2) is 9.69 Å². The van der Waals surface area contributed by atoms with Gasteiger partial charge in [0.2, 0.25) is 0 Å². The molecule has 2 saturated heterocycles. The summed E-state index contributed by atoms with van der Waals surface area (Å²) in [5.74, 6) is -0.438. The van der Waals surface area contributed by atoms with Crippen LogP contribution in [0.15, 0.2) is 72.8 Å². The minimum absolute atomic E-state index is 0.184. The number of urea groups is 1. The molecule has 0 spiro atoms. The maximum atomic E-state index is 14.1. The second-order valence-electron chi connectivity index (χ2n) is 11.2. The van der Waals surface area contributed by atoms with Crippen molar-refractivity contribution in [3.63, 3.8) is 0 Å². The van der Waals surface area contributed by atoms with Crippen molar-refractivity contribution in [3.05, 3.63) is 101 Å². The molecule has 3 aliphatic rings. The van der Waals surface area contributed by atoms with Crippen LogP contribution in [0.2, 0.25) is 0 Å². The minimum Gasteiger partial charge on any atom is -0.379 e. The number of aryl methyl sites for hydroxylation is 1. The van der Waals surface area contributed by atoms with Gasteiger partial charge >= 0.3 is 6.03 Å². The van der Waals surface area contributed by atoms with Crippen LogP contribution in [0.3, 0.4) is 0 Å². The second kappa shape index (κ2) is 10.7. The van der Waals surface area contributed by atoms with E-state index in [1.54, 1.807) is 29.2 Å². The molecule has 214 valence electrons. The summed E-state index contributed by atoms with van der Waals surface area (Å²) in [6.07, 6.45) is 0.437. The van der Waals surface area contributed by atoms with E-state index in [9.17, 15) is 14.4 Å². The number of fused-ring (bicyclic) bond motifs is 4. The highest BCUT2D eigenvalue weighted by Crippen LogP contribution is 2.44. The number of carbonyl (C=O) groups excluding carboxylic acids is 3. The number of amides is 4. The first-order valence-electron chi connectivity index (χ1n) is 14.5. The monoisotopic (exact) mass is 563 g/mol. The first-order chi connectivity index (χ1) is 20.5. The molecule has 0 aliphatic carbocycles. The topological polar surface area (TPSA) is 98.0 Å². The van der Waals surface area contributed by atoms with Crippen molar-refractivity contribution in [2.45, 2.75) is 25.4 Å². The van der Waals surface area contributed by atoms with Crippen LogP contribution >= 0.6 is 0 Å². The molecule has 2 unspecified atom stereocenters. The third kappa shape index (κ3) is 4.55. The number of hydrogen-bond donors (Lipinski definition) is 2. The normalized spacial score (nSPS) is 20.6. The standard InChI is InChI=1S/C33H33N5O4/c1-21-6-8-22(9-7-21)30-29-26(25-4-2-3-5-27(25)35-29)20-28-32(40)37(33(41)38(28)30)24-12-10-23(11-13-24)31(39)34-14-15-36-16-18-42-19-17-36/h2-13,28,30,35H,14-20H2,1H3,(H,34,39). The summed E-state index contributed by atoms with van der Waals surface area (Å²) in [4.78, 5) is 49.6. The summed E-state index contributed by atoms with van der Waals surface area (Å²) < 4.78 is 5.37. The van der Waals surface area contributed by atoms with Crippen LogP contribution in [0, 0.1) is 6.92 Å². The molecule has 4 aromatic rings. The third-order valence-corrected chi connectivity index (χ3v) is 8.65. The number of aromatic nitrogens is 1. The van der Waals surface area contributed by atoms with E-state index in [4.69, 9.17) is 4.74 Å². The summed E-state index contributed by atoms with van der Waals surface area (Å²) in [5, 5.41) is 4.04. The summed E-state index contributed by atoms with van der Waals surface area (Å²) in [7, 11) is 0. The van der Waals surface area contributed by atoms with Gasteiger partial charge in [-0.2, -0.15) is 0 Å². The number of morpholine rings is 1. The summed E-state index contributed by atoms with van der Waals surface area (Å²) >= 11 is 0. The summed E-state index contributed by atoms with van der Waals surface area (Å²) in [6.45, 7) is 6.50. The number of benzene rings is 3. The van der Waals surface area contributed by atoms with Crippen molar-refractivity contribution in [2.75, 3.05) is 44.3 Å². The van der Waals surface area contributed by atoms with Crippen molar-refractivity contribution in [1.29, 1.82) is 0 Å². The molecule has 4 heterocycles. The fraction of sp³-hybridized carbons (Fsp3) is 0.303. The van der Waals surface area contributed by atoms with E-state index in [2.05, 4.69) is 21.3 Å². The maximum Gasteiger partial charge on any atom is 0.332 e. The quantitative estimate of drug-likeness (QED) is 0.346. The minimum atomic E-state index is -0.626. The Bertz CT molecular complexity index is 1660. The van der Waals surface area contributed by atoms with Gasteiger partial charge in [0, 0.05) is 54.8 Å². The average Bonchev–Trinajstić information content (AvgIpc) is 3.51. The van der Waals surface area contributed by atoms with Crippen LogP contribution in [0.1, 0.15) is 38.8 Å². The van der Waals surface area contributed by atoms with Gasteiger partial charge in [-0.1, -0.05) is 48.0 Å². The van der Waals surface area contributed by atoms with E-state index in [0.29, 0.717) is 24.2 Å². The average molecular weight is 564 g/mol. The van der Waals surface area contributed by atoms with E-state index in [1.807, 2.05) is 49.4 Å². The highest BCUT2D eigenvalue weighted by Gasteiger charge is 2.53. The van der Waals surface area contributed by atoms with E-state index in [0.717, 1.165) is 66.1 Å². The lowest BCUT2D eigenvalue weighted by Gasteiger charge is -2.36. The van der Waals surface area contributed by atoms with Gasteiger partial charge in [-0.15, -0.1) is 0 Å². The number of hydrogen-bond acceptors (Lipinski definition) is 5. The molecule has 3 aliphatic heterocycles. The van der Waals surface area contributed by atoms with Crippen LogP contribution < -0.4 is 10.2 Å². The predicted molar refractivity (Wildman–Crippen MR) is 160 cm³/mol. The Morgan fingerprint density at radius 1 is 0.976 bits per heavy atom. The summed E-state index contributed by atoms with van der Waals surface area (Å²) in [5.41, 5.74) is 6.03. The lowest BCUT2D eigenvalue weighted by molar-refractivity contribution is -0.120. The number of rotatable bonds is 6. The van der Waals surface area contributed by atoms with E-state index in [-0.39, 0.29) is 17.8 Å². The lowest BCUT2D eigenvalue weighted by atomic mass is 9.88. The smallest absolute Gasteiger partial charge is 0.332 e. The number of nitrogens with zero attached hydrogens (tertiary/aromatic N) is 3. The second-order valence-corrected chi connectivity index (χ2v) is 11.2. The Kier molecular flexibility index (Phi) is 6.76. The van der Waals surface area contributed by atoms with Crippen LogP contribution in [-0.4, -0.2) is 78.1 Å². The lowest BCUT2D eigenvalue weighted by Crippen LogP contribution is -2.44. The van der Waals surface area contributed by atoms with Gasteiger partial charge in [0.1, 0.15) is 12.1 Å². The number of H-pyrrole nitrogens is 1. The van der Waals surface area contributed by atoms with E-state index in [1.165, 1.54) is 4.90 Å².